The standard InChI is InChI=1S/C15H20N4O/c1-11(13-9-17-18-10-13)19-15(20)14(16)8-7-12-5-3-2-4-6-12/h2-6,9-11,14H,7-8,16H2,1H3,(H,17,18)(H,19,20). The number of nitrogens with one attached hydrogen (secondary N) is 2. The van der Waals surface area contributed by atoms with Crippen LogP contribution < -0.4 is 11.1 Å². The van der Waals surface area contributed by atoms with Crippen LogP contribution in [0.2, 0.25) is 0 Å². The molecule has 1 aromatic heterocycles. The van der Waals surface area contributed by atoms with E-state index in [0.29, 0.717) is 6.42 Å². The van der Waals surface area contributed by atoms with Crippen molar-refractivity contribution >= 4 is 5.91 Å². The Balaban J connectivity index is 1.80. The maximum atomic E-state index is 12.0. The first-order chi connectivity index (χ1) is 9.66. The maximum absolute atomic E-state index is 12.0. The lowest BCUT2D eigenvalue weighted by Crippen LogP contribution is -2.41. The summed E-state index contributed by atoms with van der Waals surface area (Å²) in [6, 6.07) is 9.44. The number of nitrogens with two attached hydrogens (primary N) is 1. The number of carbonyl (C=O) groups is 1. The number of aromatic nitrogens is 2. The molecule has 2 rings (SSSR count). The van der Waals surface area contributed by atoms with Gasteiger partial charge in [-0.05, 0) is 25.3 Å². The molecule has 0 bridgehead atoms. The van der Waals surface area contributed by atoms with Crippen LogP contribution in [0, 0.1) is 0 Å². The number of amides is 1. The fourth-order valence-electron chi connectivity index (χ4n) is 2.00. The number of hydrogen-bond donors (Lipinski definition) is 3. The molecule has 106 valence electrons. The van der Waals surface area contributed by atoms with Crippen molar-refractivity contribution in [1.29, 1.82) is 0 Å². The number of hydrogen-bond acceptors (Lipinski definition) is 3. The minimum Gasteiger partial charge on any atom is -0.348 e. The van der Waals surface area contributed by atoms with E-state index in [2.05, 4.69) is 15.5 Å². The zero-order chi connectivity index (χ0) is 14.4. The van der Waals surface area contributed by atoms with Crippen molar-refractivity contribution in [3.8, 4) is 0 Å². The summed E-state index contributed by atoms with van der Waals surface area (Å²) in [6.07, 6.45) is 4.89. The monoisotopic (exact) mass is 272 g/mol. The SMILES string of the molecule is CC(NC(=O)C(N)CCc1ccccc1)c1cn[nH]c1. The Bertz CT molecular complexity index is 524. The molecule has 0 aliphatic rings. The maximum Gasteiger partial charge on any atom is 0.237 e. The predicted molar refractivity (Wildman–Crippen MR) is 77.9 cm³/mol. The van der Waals surface area contributed by atoms with Gasteiger partial charge in [-0.25, -0.2) is 0 Å². The van der Waals surface area contributed by atoms with E-state index in [1.807, 2.05) is 37.3 Å². The molecule has 4 N–H and O–H groups in total. The summed E-state index contributed by atoms with van der Waals surface area (Å²) >= 11 is 0. The summed E-state index contributed by atoms with van der Waals surface area (Å²) < 4.78 is 0. The molecule has 1 heterocycles. The number of rotatable bonds is 6. The Morgan fingerprint density at radius 1 is 1.40 bits per heavy atom. The van der Waals surface area contributed by atoms with Crippen LogP contribution in [0.3, 0.4) is 0 Å². The third kappa shape index (κ3) is 3.93. The molecule has 2 aromatic rings. The minimum atomic E-state index is -0.496. The summed E-state index contributed by atoms with van der Waals surface area (Å²) in [4.78, 5) is 12.0. The second kappa shape index (κ2) is 6.86. The van der Waals surface area contributed by atoms with Crippen LogP contribution in [0.1, 0.15) is 30.5 Å². The number of aryl methyl sites for hydroxylation is 1. The summed E-state index contributed by atoms with van der Waals surface area (Å²) in [5.41, 5.74) is 8.06. The molecule has 0 aliphatic heterocycles. The summed E-state index contributed by atoms with van der Waals surface area (Å²) in [5.74, 6) is -0.130. The highest BCUT2D eigenvalue weighted by Gasteiger charge is 2.16. The van der Waals surface area contributed by atoms with Gasteiger partial charge in [0.2, 0.25) is 5.91 Å². The zero-order valence-corrected chi connectivity index (χ0v) is 11.5. The van der Waals surface area contributed by atoms with Crippen molar-refractivity contribution < 1.29 is 4.79 Å². The van der Waals surface area contributed by atoms with Crippen molar-refractivity contribution in [3.63, 3.8) is 0 Å². The Morgan fingerprint density at radius 3 is 2.80 bits per heavy atom. The van der Waals surface area contributed by atoms with E-state index in [4.69, 9.17) is 5.73 Å². The normalized spacial score (nSPS) is 13.7. The summed E-state index contributed by atoms with van der Waals surface area (Å²) in [6.45, 7) is 1.91. The van der Waals surface area contributed by atoms with Gasteiger partial charge in [-0.2, -0.15) is 5.10 Å². The highest BCUT2D eigenvalue weighted by Crippen LogP contribution is 2.10. The number of benzene rings is 1. The third-order valence-corrected chi connectivity index (χ3v) is 3.30. The minimum absolute atomic E-state index is 0.0935. The number of nitrogens with zero attached hydrogens (tertiary/aromatic N) is 1. The first kappa shape index (κ1) is 14.3. The smallest absolute Gasteiger partial charge is 0.237 e. The Labute approximate surface area is 118 Å². The van der Waals surface area contributed by atoms with Gasteiger partial charge in [0, 0.05) is 11.8 Å². The molecular weight excluding hydrogens is 252 g/mol. The summed E-state index contributed by atoms with van der Waals surface area (Å²) in [7, 11) is 0. The van der Waals surface area contributed by atoms with E-state index in [0.717, 1.165) is 12.0 Å². The largest absolute Gasteiger partial charge is 0.348 e. The fraction of sp³-hybridized carbons (Fsp3) is 0.333. The van der Waals surface area contributed by atoms with E-state index < -0.39 is 6.04 Å². The molecule has 1 amide bonds. The summed E-state index contributed by atoms with van der Waals surface area (Å²) in [5, 5.41) is 9.49. The van der Waals surface area contributed by atoms with E-state index in [1.54, 1.807) is 12.4 Å². The van der Waals surface area contributed by atoms with Crippen molar-refractivity contribution in [2.45, 2.75) is 31.8 Å². The van der Waals surface area contributed by atoms with Crippen LogP contribution in [0.25, 0.3) is 0 Å². The topological polar surface area (TPSA) is 83.8 Å². The molecule has 0 aliphatic carbocycles. The molecule has 2 atom stereocenters. The number of H-pyrrole nitrogens is 1. The van der Waals surface area contributed by atoms with E-state index in [1.165, 1.54) is 5.56 Å². The molecule has 5 nitrogen and oxygen atoms in total. The van der Waals surface area contributed by atoms with Crippen LogP contribution >= 0.6 is 0 Å². The first-order valence-electron chi connectivity index (χ1n) is 6.75. The molecule has 0 radical (unpaired) electrons. The quantitative estimate of drug-likeness (QED) is 0.746. The van der Waals surface area contributed by atoms with Gasteiger partial charge in [0.1, 0.15) is 0 Å². The van der Waals surface area contributed by atoms with Gasteiger partial charge in [-0.15, -0.1) is 0 Å². The highest BCUT2D eigenvalue weighted by atomic mass is 16.2. The van der Waals surface area contributed by atoms with Crippen LogP contribution in [0.15, 0.2) is 42.7 Å². The van der Waals surface area contributed by atoms with Crippen molar-refractivity contribution in [1.82, 2.24) is 15.5 Å². The van der Waals surface area contributed by atoms with Gasteiger partial charge in [0.05, 0.1) is 18.3 Å². The molecule has 2 unspecified atom stereocenters. The Morgan fingerprint density at radius 2 is 2.15 bits per heavy atom. The highest BCUT2D eigenvalue weighted by molar-refractivity contribution is 5.81. The van der Waals surface area contributed by atoms with Crippen molar-refractivity contribution in [3.05, 3.63) is 53.9 Å². The van der Waals surface area contributed by atoms with Gasteiger partial charge >= 0.3 is 0 Å². The van der Waals surface area contributed by atoms with Crippen LogP contribution in [0.5, 0.6) is 0 Å². The van der Waals surface area contributed by atoms with Crippen molar-refractivity contribution in [2.75, 3.05) is 0 Å². The van der Waals surface area contributed by atoms with Gasteiger partial charge in [-0.1, -0.05) is 30.3 Å². The number of carbonyl (C=O) groups excluding carboxylic acids is 1. The zero-order valence-electron chi connectivity index (χ0n) is 11.5. The van der Waals surface area contributed by atoms with Crippen LogP contribution in [0.4, 0.5) is 0 Å². The predicted octanol–water partition coefficient (Wildman–Crippen LogP) is 1.55. The molecule has 5 heteroatoms. The molecule has 0 spiro atoms. The molecule has 0 saturated heterocycles. The molecule has 1 aromatic carbocycles. The molecular formula is C15H20N4O. The van der Waals surface area contributed by atoms with Gasteiger partial charge in [0.25, 0.3) is 0 Å². The third-order valence-electron chi connectivity index (χ3n) is 3.30. The molecule has 0 fully saturated rings. The molecule has 20 heavy (non-hydrogen) atoms. The lowest BCUT2D eigenvalue weighted by molar-refractivity contribution is -0.123. The average molecular weight is 272 g/mol. The lowest BCUT2D eigenvalue weighted by atomic mass is 10.0. The van der Waals surface area contributed by atoms with Gasteiger partial charge in [-0.3, -0.25) is 9.89 Å². The second-order valence-corrected chi connectivity index (χ2v) is 4.89. The Hall–Kier alpha value is -2.14. The van der Waals surface area contributed by atoms with Crippen molar-refractivity contribution in [2.24, 2.45) is 5.73 Å². The van der Waals surface area contributed by atoms with E-state index in [9.17, 15) is 4.79 Å². The number of aromatic amines is 1. The second-order valence-electron chi connectivity index (χ2n) is 4.89. The van der Waals surface area contributed by atoms with Gasteiger partial charge in [0.15, 0.2) is 0 Å². The molecule has 0 saturated carbocycles. The van der Waals surface area contributed by atoms with Crippen LogP contribution in [-0.4, -0.2) is 22.1 Å². The van der Waals surface area contributed by atoms with E-state index >= 15 is 0 Å². The van der Waals surface area contributed by atoms with Gasteiger partial charge < -0.3 is 11.1 Å². The van der Waals surface area contributed by atoms with Crippen LogP contribution in [-0.2, 0) is 11.2 Å². The van der Waals surface area contributed by atoms with E-state index in [-0.39, 0.29) is 11.9 Å². The first-order valence-corrected chi connectivity index (χ1v) is 6.75. The average Bonchev–Trinajstić information content (AvgIpc) is 3.00. The Kier molecular flexibility index (Phi) is 4.90. The fourth-order valence-corrected chi connectivity index (χ4v) is 2.00. The lowest BCUT2D eigenvalue weighted by Gasteiger charge is -2.16.